The maximum absolute atomic E-state index is 5.79. The Morgan fingerprint density at radius 1 is 1.22 bits per heavy atom. The summed E-state index contributed by atoms with van der Waals surface area (Å²) in [6.45, 7) is 3.92. The molecule has 4 heteroatoms. The van der Waals surface area contributed by atoms with Crippen molar-refractivity contribution in [2.75, 3.05) is 18.9 Å². The Bertz CT molecular complexity index is 331. The van der Waals surface area contributed by atoms with Crippen molar-refractivity contribution < 1.29 is 4.74 Å². The Balaban J connectivity index is 1.57. The lowest BCUT2D eigenvalue weighted by Gasteiger charge is -2.32. The van der Waals surface area contributed by atoms with Crippen molar-refractivity contribution >= 4 is 16.9 Å². The number of hydrogen-bond acceptors (Lipinski definition) is 3. The summed E-state index contributed by atoms with van der Waals surface area (Å²) in [6.07, 6.45) is 9.15. The van der Waals surface area contributed by atoms with Gasteiger partial charge in [-0.3, -0.25) is 4.99 Å². The highest BCUT2D eigenvalue weighted by atomic mass is 32.2. The quantitative estimate of drug-likeness (QED) is 0.836. The summed E-state index contributed by atoms with van der Waals surface area (Å²) < 4.78 is 5.79. The first-order valence-electron chi connectivity index (χ1n) is 7.29. The molecule has 0 aromatic rings. The van der Waals surface area contributed by atoms with Gasteiger partial charge in [-0.05, 0) is 32.6 Å². The number of amidine groups is 1. The van der Waals surface area contributed by atoms with Crippen molar-refractivity contribution in [2.24, 2.45) is 4.99 Å². The first-order valence-corrected chi connectivity index (χ1v) is 8.28. The van der Waals surface area contributed by atoms with Crippen molar-refractivity contribution in [3.63, 3.8) is 0 Å². The Labute approximate surface area is 114 Å². The van der Waals surface area contributed by atoms with Crippen LogP contribution in [0.5, 0.6) is 0 Å². The normalized spacial score (nSPS) is 37.3. The molecule has 2 saturated heterocycles. The van der Waals surface area contributed by atoms with Gasteiger partial charge in [0.05, 0.1) is 12.1 Å². The number of nitrogens with zero attached hydrogens (tertiary/aromatic N) is 1. The van der Waals surface area contributed by atoms with Gasteiger partial charge in [0.25, 0.3) is 0 Å². The van der Waals surface area contributed by atoms with E-state index in [4.69, 9.17) is 9.73 Å². The van der Waals surface area contributed by atoms with E-state index in [0.29, 0.717) is 5.54 Å². The second-order valence-electron chi connectivity index (χ2n) is 6.28. The van der Waals surface area contributed by atoms with Gasteiger partial charge in [0.1, 0.15) is 0 Å². The van der Waals surface area contributed by atoms with Gasteiger partial charge in [-0.25, -0.2) is 0 Å². The zero-order chi connectivity index (χ0) is 12.5. The fourth-order valence-electron chi connectivity index (χ4n) is 3.29. The molecule has 0 bridgehead atoms. The van der Waals surface area contributed by atoms with Crippen LogP contribution in [-0.4, -0.2) is 35.2 Å². The molecule has 102 valence electrons. The standard InChI is InChI=1S/C14H24N2OS/c1-13(6-5-9-17-13)10-15-12-16-14(11-18-12)7-3-2-4-8-14/h2-11H2,1H3,(H,15,16). The van der Waals surface area contributed by atoms with Crippen LogP contribution in [0.1, 0.15) is 51.9 Å². The molecule has 0 radical (unpaired) electrons. The first-order chi connectivity index (χ1) is 8.70. The number of thioether (sulfide) groups is 1. The molecule has 2 heterocycles. The third-order valence-corrected chi connectivity index (χ3v) is 5.73. The van der Waals surface area contributed by atoms with E-state index in [0.717, 1.165) is 24.7 Å². The van der Waals surface area contributed by atoms with Gasteiger partial charge in [-0.15, -0.1) is 0 Å². The Kier molecular flexibility index (Phi) is 3.59. The van der Waals surface area contributed by atoms with Crippen LogP contribution in [0.2, 0.25) is 0 Å². The average molecular weight is 268 g/mol. The van der Waals surface area contributed by atoms with Crippen LogP contribution in [0.3, 0.4) is 0 Å². The van der Waals surface area contributed by atoms with Crippen LogP contribution >= 0.6 is 11.8 Å². The molecule has 3 aliphatic rings. The van der Waals surface area contributed by atoms with E-state index in [9.17, 15) is 0 Å². The predicted octanol–water partition coefficient (Wildman–Crippen LogP) is 2.95. The summed E-state index contributed by atoms with van der Waals surface area (Å²) in [5.41, 5.74) is 0.372. The molecule has 1 atom stereocenters. The zero-order valence-corrected chi connectivity index (χ0v) is 12.2. The molecule has 1 spiro atoms. The highest BCUT2D eigenvalue weighted by Crippen LogP contribution is 2.36. The molecule has 1 aliphatic carbocycles. The van der Waals surface area contributed by atoms with Crippen molar-refractivity contribution in [1.82, 2.24) is 5.32 Å². The molecule has 2 aliphatic heterocycles. The molecule has 1 saturated carbocycles. The summed E-state index contributed by atoms with van der Waals surface area (Å²) in [7, 11) is 0. The number of ether oxygens (including phenoxy) is 1. The van der Waals surface area contributed by atoms with Crippen LogP contribution in [0, 0.1) is 0 Å². The van der Waals surface area contributed by atoms with Crippen molar-refractivity contribution in [2.45, 2.75) is 63.0 Å². The van der Waals surface area contributed by atoms with E-state index >= 15 is 0 Å². The second kappa shape index (κ2) is 5.04. The fourth-order valence-corrected chi connectivity index (χ4v) is 4.51. The maximum Gasteiger partial charge on any atom is 0.157 e. The molecule has 3 nitrogen and oxygen atoms in total. The maximum atomic E-state index is 5.79. The second-order valence-corrected chi connectivity index (χ2v) is 7.24. The third kappa shape index (κ3) is 2.69. The van der Waals surface area contributed by atoms with Gasteiger partial charge in [-0.2, -0.15) is 0 Å². The third-order valence-electron chi connectivity index (χ3n) is 4.53. The Morgan fingerprint density at radius 3 is 2.78 bits per heavy atom. The van der Waals surface area contributed by atoms with Crippen molar-refractivity contribution in [3.8, 4) is 0 Å². The smallest absolute Gasteiger partial charge is 0.157 e. The van der Waals surface area contributed by atoms with Crippen molar-refractivity contribution in [3.05, 3.63) is 0 Å². The molecule has 0 amide bonds. The molecular weight excluding hydrogens is 244 g/mol. The van der Waals surface area contributed by atoms with Crippen LogP contribution < -0.4 is 5.32 Å². The summed E-state index contributed by atoms with van der Waals surface area (Å²) >= 11 is 1.91. The Morgan fingerprint density at radius 2 is 2.06 bits per heavy atom. The molecular formula is C14H24N2OS. The van der Waals surface area contributed by atoms with Gasteiger partial charge in [0, 0.05) is 17.9 Å². The van der Waals surface area contributed by atoms with E-state index in [1.165, 1.54) is 44.3 Å². The van der Waals surface area contributed by atoms with E-state index in [2.05, 4.69) is 12.2 Å². The molecule has 0 aromatic heterocycles. The molecule has 1 N–H and O–H groups in total. The van der Waals surface area contributed by atoms with Crippen LogP contribution in [0.25, 0.3) is 0 Å². The van der Waals surface area contributed by atoms with Crippen LogP contribution in [-0.2, 0) is 4.74 Å². The van der Waals surface area contributed by atoms with Gasteiger partial charge in [0.2, 0.25) is 0 Å². The lowest BCUT2D eigenvalue weighted by atomic mass is 9.83. The topological polar surface area (TPSA) is 33.6 Å². The summed E-state index contributed by atoms with van der Waals surface area (Å²) in [5, 5.41) is 4.87. The number of aliphatic imine (C=N–C) groups is 1. The monoisotopic (exact) mass is 268 g/mol. The molecule has 1 unspecified atom stereocenters. The lowest BCUT2D eigenvalue weighted by Crippen LogP contribution is -2.45. The fraction of sp³-hybridized carbons (Fsp3) is 0.929. The SMILES string of the molecule is CC1(CN=C2NC3(CCCCC3)CS2)CCCO1. The number of nitrogens with one attached hydrogen (secondary N) is 1. The molecule has 18 heavy (non-hydrogen) atoms. The van der Waals surface area contributed by atoms with E-state index in [1.807, 2.05) is 11.8 Å². The molecule has 3 fully saturated rings. The summed E-state index contributed by atoms with van der Waals surface area (Å²) in [5.74, 6) is 1.21. The predicted molar refractivity (Wildman–Crippen MR) is 77.3 cm³/mol. The van der Waals surface area contributed by atoms with E-state index in [-0.39, 0.29) is 5.60 Å². The van der Waals surface area contributed by atoms with Gasteiger partial charge in [0.15, 0.2) is 5.17 Å². The molecule has 3 rings (SSSR count). The van der Waals surface area contributed by atoms with Crippen LogP contribution in [0.4, 0.5) is 0 Å². The van der Waals surface area contributed by atoms with E-state index < -0.39 is 0 Å². The number of hydrogen-bond donors (Lipinski definition) is 1. The minimum atomic E-state index is -0.00242. The largest absolute Gasteiger partial charge is 0.373 e. The molecule has 0 aromatic carbocycles. The van der Waals surface area contributed by atoms with E-state index in [1.54, 1.807) is 0 Å². The van der Waals surface area contributed by atoms with Gasteiger partial charge < -0.3 is 10.1 Å². The number of rotatable bonds is 2. The lowest BCUT2D eigenvalue weighted by molar-refractivity contribution is 0.0284. The Hall–Kier alpha value is -0.220. The zero-order valence-electron chi connectivity index (χ0n) is 11.3. The first kappa shape index (κ1) is 12.8. The minimum Gasteiger partial charge on any atom is -0.373 e. The van der Waals surface area contributed by atoms with Crippen molar-refractivity contribution in [1.29, 1.82) is 0 Å². The summed E-state index contributed by atoms with van der Waals surface area (Å²) in [6, 6.07) is 0. The van der Waals surface area contributed by atoms with Gasteiger partial charge in [-0.1, -0.05) is 31.0 Å². The van der Waals surface area contributed by atoms with Gasteiger partial charge >= 0.3 is 0 Å². The highest BCUT2D eigenvalue weighted by Gasteiger charge is 2.38. The summed E-state index contributed by atoms with van der Waals surface area (Å²) in [4.78, 5) is 4.77. The highest BCUT2D eigenvalue weighted by molar-refractivity contribution is 8.14. The average Bonchev–Trinajstić information content (AvgIpc) is 2.97. The minimum absolute atomic E-state index is 0.00242. The van der Waals surface area contributed by atoms with Crippen LogP contribution in [0.15, 0.2) is 4.99 Å².